The third kappa shape index (κ3) is 5.23. The van der Waals surface area contributed by atoms with E-state index in [0.717, 1.165) is 29.8 Å². The second-order valence-electron chi connectivity index (χ2n) is 8.67. The van der Waals surface area contributed by atoms with Crippen molar-refractivity contribution in [1.29, 1.82) is 0 Å². The third-order valence-corrected chi connectivity index (χ3v) is 9.07. The number of anilines is 2. The van der Waals surface area contributed by atoms with Crippen LogP contribution in [0.4, 0.5) is 11.4 Å². The normalized spacial score (nSPS) is 17.3. The molecule has 1 aliphatic rings. The van der Waals surface area contributed by atoms with Gasteiger partial charge in [-0.3, -0.25) is 0 Å². The Kier molecular flexibility index (Phi) is 7.92. The highest BCUT2D eigenvalue weighted by molar-refractivity contribution is 7.98. The fourth-order valence-electron chi connectivity index (χ4n) is 4.35. The van der Waals surface area contributed by atoms with Crippen molar-refractivity contribution in [2.45, 2.75) is 42.0 Å². The van der Waals surface area contributed by atoms with Crippen molar-refractivity contribution in [2.24, 2.45) is 0 Å². The maximum absolute atomic E-state index is 13.9. The molecule has 0 aliphatic carbocycles. The van der Waals surface area contributed by atoms with Gasteiger partial charge >= 0.3 is 5.97 Å². The van der Waals surface area contributed by atoms with E-state index >= 15 is 0 Å². The van der Waals surface area contributed by atoms with Gasteiger partial charge < -0.3 is 14.7 Å². The molecule has 1 N–H and O–H groups in total. The fraction of sp³-hybridized carbons (Fsp3) is 0.296. The summed E-state index contributed by atoms with van der Waals surface area (Å²) in [5.74, 6) is -0.376. The molecule has 3 aromatic rings. The molecule has 0 radical (unpaired) electrons. The lowest BCUT2D eigenvalue weighted by Crippen LogP contribution is -2.40. The summed E-state index contributed by atoms with van der Waals surface area (Å²) in [5, 5.41) is 9.34. The van der Waals surface area contributed by atoms with Crippen LogP contribution < -0.4 is 9.64 Å². The standard InChI is InChI=1S/C27H30N2O5S2/c1-4-5-11-21-18-29(20-12-7-6-8-13-20)23-16-25(35-3)24(17-26(23)36(32,33)28(21)2)34-22-14-9-10-19(15-22)27(30)31/h6-10,12-17,21H,4-5,11,18H2,1-3H3,(H,30,31). The second kappa shape index (κ2) is 10.9. The van der Waals surface area contributed by atoms with Crippen LogP contribution in [-0.4, -0.2) is 49.7 Å². The lowest BCUT2D eigenvalue weighted by atomic mass is 10.1. The average molecular weight is 527 g/mol. The molecule has 36 heavy (non-hydrogen) atoms. The van der Waals surface area contributed by atoms with Gasteiger partial charge in [-0.15, -0.1) is 11.8 Å². The van der Waals surface area contributed by atoms with E-state index in [1.54, 1.807) is 25.2 Å². The average Bonchev–Trinajstić information content (AvgIpc) is 2.96. The quantitative estimate of drug-likeness (QED) is 0.348. The number of hydrogen-bond donors (Lipinski definition) is 1. The van der Waals surface area contributed by atoms with Crippen molar-refractivity contribution in [2.75, 3.05) is 24.7 Å². The van der Waals surface area contributed by atoms with E-state index in [1.807, 2.05) is 42.7 Å². The number of ether oxygens (including phenoxy) is 1. The van der Waals surface area contributed by atoms with Crippen molar-refractivity contribution in [3.8, 4) is 11.5 Å². The SMILES string of the molecule is CCCCC1CN(c2ccccc2)c2cc(SC)c(Oc3cccc(C(=O)O)c3)cc2S(=O)(=O)N1C. The number of para-hydroxylation sites is 1. The molecule has 0 amide bonds. The van der Waals surface area contributed by atoms with Gasteiger partial charge in [-0.05, 0) is 49.1 Å². The van der Waals surface area contributed by atoms with Gasteiger partial charge in [0.25, 0.3) is 0 Å². The van der Waals surface area contributed by atoms with Crippen molar-refractivity contribution in [3.63, 3.8) is 0 Å². The largest absolute Gasteiger partial charge is 0.478 e. The third-order valence-electron chi connectivity index (χ3n) is 6.37. The molecule has 9 heteroatoms. The van der Waals surface area contributed by atoms with E-state index in [2.05, 4.69) is 11.8 Å². The van der Waals surface area contributed by atoms with E-state index in [9.17, 15) is 18.3 Å². The highest BCUT2D eigenvalue weighted by Crippen LogP contribution is 2.44. The predicted molar refractivity (Wildman–Crippen MR) is 143 cm³/mol. The summed E-state index contributed by atoms with van der Waals surface area (Å²) in [6, 6.07) is 19.2. The number of likely N-dealkylation sites (N-methyl/N-ethyl adjacent to an activating group) is 1. The van der Waals surface area contributed by atoms with Crippen LogP contribution in [0.5, 0.6) is 11.5 Å². The Bertz CT molecular complexity index is 1350. The molecule has 0 saturated carbocycles. The van der Waals surface area contributed by atoms with E-state index < -0.39 is 16.0 Å². The Morgan fingerprint density at radius 3 is 2.53 bits per heavy atom. The maximum Gasteiger partial charge on any atom is 0.335 e. The number of aromatic carboxylic acids is 1. The van der Waals surface area contributed by atoms with Crippen molar-refractivity contribution in [1.82, 2.24) is 4.31 Å². The van der Waals surface area contributed by atoms with Crippen LogP contribution in [-0.2, 0) is 10.0 Å². The molecule has 1 atom stereocenters. The number of nitrogens with zero attached hydrogens (tertiary/aromatic N) is 2. The number of carbonyl (C=O) groups is 1. The molecule has 0 fully saturated rings. The minimum absolute atomic E-state index is 0.0920. The van der Waals surface area contributed by atoms with Gasteiger partial charge in [-0.2, -0.15) is 4.31 Å². The van der Waals surface area contributed by atoms with Crippen molar-refractivity contribution >= 4 is 39.1 Å². The van der Waals surface area contributed by atoms with Gasteiger partial charge in [-0.1, -0.05) is 44.0 Å². The first-order valence-corrected chi connectivity index (χ1v) is 14.5. The number of rotatable bonds is 8. The molecular formula is C27H30N2O5S2. The molecule has 3 aromatic carbocycles. The predicted octanol–water partition coefficient (Wildman–Crippen LogP) is 6.23. The van der Waals surface area contributed by atoms with Crippen LogP contribution in [0.3, 0.4) is 0 Å². The molecule has 4 rings (SSSR count). The topological polar surface area (TPSA) is 87.1 Å². The Balaban J connectivity index is 1.88. The van der Waals surface area contributed by atoms with Crippen LogP contribution >= 0.6 is 11.8 Å². The Morgan fingerprint density at radius 1 is 1.11 bits per heavy atom. The molecule has 1 unspecified atom stereocenters. The fourth-order valence-corrected chi connectivity index (χ4v) is 6.44. The van der Waals surface area contributed by atoms with Crippen LogP contribution in [0.2, 0.25) is 0 Å². The number of thioether (sulfide) groups is 1. The summed E-state index contributed by atoms with van der Waals surface area (Å²) < 4.78 is 35.3. The lowest BCUT2D eigenvalue weighted by molar-refractivity contribution is 0.0696. The smallest absolute Gasteiger partial charge is 0.335 e. The number of fused-ring (bicyclic) bond motifs is 1. The minimum Gasteiger partial charge on any atom is -0.478 e. The van der Waals surface area contributed by atoms with E-state index in [4.69, 9.17) is 4.74 Å². The highest BCUT2D eigenvalue weighted by atomic mass is 32.2. The molecule has 1 heterocycles. The van der Waals surface area contributed by atoms with E-state index in [-0.39, 0.29) is 16.5 Å². The summed E-state index contributed by atoms with van der Waals surface area (Å²) in [7, 11) is -2.18. The van der Waals surface area contributed by atoms with Crippen molar-refractivity contribution in [3.05, 3.63) is 72.3 Å². The molecule has 0 spiro atoms. The first-order valence-electron chi connectivity index (χ1n) is 11.8. The molecule has 1 aliphatic heterocycles. The summed E-state index contributed by atoms with van der Waals surface area (Å²) in [4.78, 5) is 14.4. The number of benzene rings is 3. The van der Waals surface area contributed by atoms with E-state index in [1.165, 1.54) is 28.2 Å². The van der Waals surface area contributed by atoms with Gasteiger partial charge in [0.1, 0.15) is 16.4 Å². The Morgan fingerprint density at radius 2 is 1.86 bits per heavy atom. The van der Waals surface area contributed by atoms with Gasteiger partial charge in [0, 0.05) is 31.4 Å². The molecule has 0 aromatic heterocycles. The second-order valence-corrected chi connectivity index (χ2v) is 11.5. The van der Waals surface area contributed by atoms with Gasteiger partial charge in [0.2, 0.25) is 10.0 Å². The zero-order valence-electron chi connectivity index (χ0n) is 20.5. The summed E-state index contributed by atoms with van der Waals surface area (Å²) in [6.45, 7) is 2.63. The summed E-state index contributed by atoms with van der Waals surface area (Å²) in [6.07, 6.45) is 4.56. The number of sulfonamides is 1. The first-order chi connectivity index (χ1) is 17.3. The van der Waals surface area contributed by atoms with Gasteiger partial charge in [-0.25, -0.2) is 13.2 Å². The van der Waals surface area contributed by atoms with Gasteiger partial charge in [0.15, 0.2) is 0 Å². The van der Waals surface area contributed by atoms with Crippen LogP contribution in [0.15, 0.2) is 76.5 Å². The lowest BCUT2D eigenvalue weighted by Gasteiger charge is -2.29. The molecule has 7 nitrogen and oxygen atoms in total. The maximum atomic E-state index is 13.9. The first kappa shape index (κ1) is 26.1. The molecular weight excluding hydrogens is 496 g/mol. The molecule has 190 valence electrons. The van der Waals surface area contributed by atoms with E-state index in [0.29, 0.717) is 23.7 Å². The zero-order valence-corrected chi connectivity index (χ0v) is 22.2. The zero-order chi connectivity index (χ0) is 25.9. The summed E-state index contributed by atoms with van der Waals surface area (Å²) >= 11 is 1.44. The van der Waals surface area contributed by atoms with Gasteiger partial charge in [0.05, 0.1) is 16.1 Å². The molecule has 0 bridgehead atoms. The monoisotopic (exact) mass is 526 g/mol. The number of carboxylic acids is 1. The van der Waals surface area contributed by atoms with Crippen molar-refractivity contribution < 1.29 is 23.1 Å². The minimum atomic E-state index is -3.83. The number of unbranched alkanes of at least 4 members (excludes halogenated alkanes) is 1. The van der Waals surface area contributed by atoms with Crippen LogP contribution in [0.25, 0.3) is 0 Å². The Hall–Kier alpha value is -3.01. The van der Waals surface area contributed by atoms with Crippen LogP contribution in [0, 0.1) is 0 Å². The van der Waals surface area contributed by atoms with Crippen LogP contribution in [0.1, 0.15) is 36.5 Å². The molecule has 0 saturated heterocycles. The summed E-state index contributed by atoms with van der Waals surface area (Å²) in [5.41, 5.74) is 1.61. The number of hydrogen-bond acceptors (Lipinski definition) is 6. The number of carboxylic acid groups (broad SMARTS) is 1. The Labute approximate surface area is 216 Å². The highest BCUT2D eigenvalue weighted by Gasteiger charge is 2.37.